The second-order valence-corrected chi connectivity index (χ2v) is 8.31. The molecule has 1 spiro atoms. The van der Waals surface area contributed by atoms with Crippen LogP contribution in [-0.2, 0) is 10.2 Å². The van der Waals surface area contributed by atoms with Crippen LogP contribution in [0.5, 0.6) is 0 Å². The summed E-state index contributed by atoms with van der Waals surface area (Å²) in [6.07, 6.45) is 6.58. The molecule has 2 heterocycles. The fraction of sp³-hybridized carbons (Fsp3) is 0.591. The molecule has 1 saturated heterocycles. The van der Waals surface area contributed by atoms with E-state index < -0.39 is 0 Å². The third-order valence-electron chi connectivity index (χ3n) is 6.80. The number of carbonyl (C=O) groups is 1. The Kier molecular flexibility index (Phi) is 4.45. The van der Waals surface area contributed by atoms with Crippen molar-refractivity contribution in [2.75, 3.05) is 13.1 Å². The minimum Gasteiger partial charge on any atom is -0.348 e. The zero-order valence-corrected chi connectivity index (χ0v) is 15.5. The predicted molar refractivity (Wildman–Crippen MR) is 101 cm³/mol. The first-order valence-electron chi connectivity index (χ1n) is 9.88. The summed E-state index contributed by atoms with van der Waals surface area (Å²) >= 11 is 0. The van der Waals surface area contributed by atoms with Gasteiger partial charge in [0, 0.05) is 0 Å². The Morgan fingerprint density at radius 1 is 1.08 bits per heavy atom. The van der Waals surface area contributed by atoms with Crippen LogP contribution < -0.4 is 10.6 Å². The lowest BCUT2D eigenvalue weighted by Gasteiger charge is -2.46. The van der Waals surface area contributed by atoms with Crippen LogP contribution in [0.1, 0.15) is 69.5 Å². The van der Waals surface area contributed by atoms with E-state index in [4.69, 9.17) is 0 Å². The molecular weight excluding hydrogens is 308 g/mol. The Labute approximate surface area is 151 Å². The smallest absolute Gasteiger partial charge is 0.231 e. The van der Waals surface area contributed by atoms with Gasteiger partial charge in [-0.3, -0.25) is 4.79 Å². The standard InChI is InChI=1S/C22H30N2O/c1-15(2)16-7-9-17(10-8-16)20-18-5-3-4-6-19(18)22(21(25)24-20)11-13-23-14-12-22/h3-6,17,20,23H,7-14H2,1-2H3,(H,24,25). The predicted octanol–water partition coefficient (Wildman–Crippen LogP) is 4.01. The first kappa shape index (κ1) is 16.8. The minimum atomic E-state index is -0.307. The van der Waals surface area contributed by atoms with Crippen LogP contribution in [-0.4, -0.2) is 19.0 Å². The number of hydrogen-bond donors (Lipinski definition) is 2. The fourth-order valence-electron chi connectivity index (χ4n) is 5.23. The number of amides is 1. The van der Waals surface area contributed by atoms with Crippen LogP contribution in [0.3, 0.4) is 0 Å². The molecule has 1 amide bonds. The molecule has 0 radical (unpaired) electrons. The van der Waals surface area contributed by atoms with Gasteiger partial charge in [0.2, 0.25) is 5.91 Å². The molecule has 2 fully saturated rings. The van der Waals surface area contributed by atoms with E-state index in [0.29, 0.717) is 5.92 Å². The van der Waals surface area contributed by atoms with Gasteiger partial charge in [-0.2, -0.15) is 0 Å². The van der Waals surface area contributed by atoms with Gasteiger partial charge in [0.25, 0.3) is 0 Å². The molecule has 25 heavy (non-hydrogen) atoms. The van der Waals surface area contributed by atoms with E-state index >= 15 is 0 Å². The highest BCUT2D eigenvalue weighted by molar-refractivity contribution is 5.91. The maximum Gasteiger partial charge on any atom is 0.231 e. The molecule has 2 N–H and O–H groups in total. The maximum absolute atomic E-state index is 13.2. The van der Waals surface area contributed by atoms with Crippen LogP contribution in [0, 0.1) is 5.92 Å². The van der Waals surface area contributed by atoms with E-state index in [1.54, 1.807) is 5.57 Å². The zero-order chi connectivity index (χ0) is 17.4. The summed E-state index contributed by atoms with van der Waals surface area (Å²) in [4.78, 5) is 13.2. The number of piperidine rings is 1. The molecule has 1 aromatic rings. The third-order valence-corrected chi connectivity index (χ3v) is 6.80. The molecule has 1 aromatic carbocycles. The number of rotatable bonds is 1. The summed E-state index contributed by atoms with van der Waals surface area (Å²) in [7, 11) is 0. The quantitative estimate of drug-likeness (QED) is 0.760. The molecule has 1 atom stereocenters. The van der Waals surface area contributed by atoms with Crippen molar-refractivity contribution in [3.05, 3.63) is 46.5 Å². The Bertz CT molecular complexity index is 686. The molecule has 1 unspecified atom stereocenters. The van der Waals surface area contributed by atoms with E-state index in [0.717, 1.165) is 25.9 Å². The second-order valence-electron chi connectivity index (χ2n) is 8.31. The summed E-state index contributed by atoms with van der Waals surface area (Å²) in [5, 5.41) is 6.88. The number of carbonyl (C=O) groups excluding carboxylic acids is 1. The topological polar surface area (TPSA) is 41.1 Å². The number of allylic oxidation sites excluding steroid dienone is 2. The van der Waals surface area contributed by atoms with Crippen molar-refractivity contribution in [1.82, 2.24) is 10.6 Å². The average Bonchev–Trinajstić information content (AvgIpc) is 2.66. The van der Waals surface area contributed by atoms with E-state index in [1.807, 2.05) is 0 Å². The molecule has 1 saturated carbocycles. The van der Waals surface area contributed by atoms with Gasteiger partial charge < -0.3 is 10.6 Å². The Morgan fingerprint density at radius 3 is 2.44 bits per heavy atom. The molecule has 3 aliphatic rings. The van der Waals surface area contributed by atoms with Gasteiger partial charge in [-0.15, -0.1) is 0 Å². The van der Waals surface area contributed by atoms with E-state index in [-0.39, 0.29) is 17.4 Å². The van der Waals surface area contributed by atoms with Crippen LogP contribution in [0.4, 0.5) is 0 Å². The van der Waals surface area contributed by atoms with Crippen molar-refractivity contribution >= 4 is 5.91 Å². The highest BCUT2D eigenvalue weighted by Gasteiger charge is 2.48. The maximum atomic E-state index is 13.2. The largest absolute Gasteiger partial charge is 0.348 e. The molecular formula is C22H30N2O. The Hall–Kier alpha value is -1.61. The molecule has 0 bridgehead atoms. The summed E-state index contributed by atoms with van der Waals surface area (Å²) in [6.45, 7) is 6.32. The number of hydrogen-bond acceptors (Lipinski definition) is 2. The van der Waals surface area contributed by atoms with Crippen molar-refractivity contribution < 1.29 is 4.79 Å². The van der Waals surface area contributed by atoms with Crippen molar-refractivity contribution in [3.8, 4) is 0 Å². The van der Waals surface area contributed by atoms with E-state index in [9.17, 15) is 4.79 Å². The molecule has 2 aliphatic heterocycles. The van der Waals surface area contributed by atoms with Crippen molar-refractivity contribution in [2.24, 2.45) is 5.92 Å². The molecule has 134 valence electrons. The summed E-state index contributed by atoms with van der Waals surface area (Å²) in [5.74, 6) is 0.831. The van der Waals surface area contributed by atoms with Gasteiger partial charge >= 0.3 is 0 Å². The van der Waals surface area contributed by atoms with Gasteiger partial charge in [0.15, 0.2) is 0 Å². The number of nitrogens with one attached hydrogen (secondary N) is 2. The molecule has 0 aromatic heterocycles. The van der Waals surface area contributed by atoms with Crippen molar-refractivity contribution in [2.45, 2.75) is 63.8 Å². The third kappa shape index (κ3) is 2.83. The summed E-state index contributed by atoms with van der Waals surface area (Å²) in [5.41, 5.74) is 5.49. The molecule has 4 rings (SSSR count). The molecule has 1 aliphatic carbocycles. The van der Waals surface area contributed by atoms with Crippen molar-refractivity contribution in [1.29, 1.82) is 0 Å². The van der Waals surface area contributed by atoms with Crippen LogP contribution in [0.25, 0.3) is 0 Å². The molecule has 3 nitrogen and oxygen atoms in total. The van der Waals surface area contributed by atoms with E-state index in [2.05, 4.69) is 48.7 Å². The molecule has 3 heteroatoms. The monoisotopic (exact) mass is 338 g/mol. The van der Waals surface area contributed by atoms with E-state index in [1.165, 1.54) is 42.4 Å². The average molecular weight is 338 g/mol. The lowest BCUT2D eigenvalue weighted by atomic mass is 9.65. The second kappa shape index (κ2) is 6.60. The Morgan fingerprint density at radius 2 is 1.76 bits per heavy atom. The number of benzene rings is 1. The lowest BCUT2D eigenvalue weighted by molar-refractivity contribution is -0.130. The van der Waals surface area contributed by atoms with Crippen molar-refractivity contribution in [3.63, 3.8) is 0 Å². The minimum absolute atomic E-state index is 0.197. The summed E-state index contributed by atoms with van der Waals surface area (Å²) < 4.78 is 0. The van der Waals surface area contributed by atoms with Gasteiger partial charge in [-0.05, 0) is 82.5 Å². The summed E-state index contributed by atoms with van der Waals surface area (Å²) in [6, 6.07) is 8.93. The van der Waals surface area contributed by atoms with Gasteiger partial charge in [0.05, 0.1) is 11.5 Å². The van der Waals surface area contributed by atoms with Crippen LogP contribution >= 0.6 is 0 Å². The van der Waals surface area contributed by atoms with Crippen LogP contribution in [0.15, 0.2) is 35.4 Å². The normalized spacial score (nSPS) is 28.4. The first-order valence-corrected chi connectivity index (χ1v) is 9.88. The number of fused-ring (bicyclic) bond motifs is 2. The van der Waals surface area contributed by atoms with Gasteiger partial charge in [-0.25, -0.2) is 0 Å². The fourth-order valence-corrected chi connectivity index (χ4v) is 5.23. The first-order chi connectivity index (χ1) is 12.1. The van der Waals surface area contributed by atoms with Crippen LogP contribution in [0.2, 0.25) is 0 Å². The highest BCUT2D eigenvalue weighted by atomic mass is 16.2. The SMILES string of the molecule is CC(C)=C1CCC(C2NC(=O)C3(CCNCC3)c3ccccc32)CC1. The highest BCUT2D eigenvalue weighted by Crippen LogP contribution is 2.46. The Balaban J connectivity index is 1.66. The zero-order valence-electron chi connectivity index (χ0n) is 15.5. The van der Waals surface area contributed by atoms with Gasteiger partial charge in [0.1, 0.15) is 0 Å². The lowest BCUT2D eigenvalue weighted by Crippen LogP contribution is -2.56. The van der Waals surface area contributed by atoms with Gasteiger partial charge in [-0.1, -0.05) is 35.4 Å².